The molecule has 0 aliphatic heterocycles. The van der Waals surface area contributed by atoms with E-state index in [1.165, 1.54) is 0 Å². The number of aldehydes is 2. The van der Waals surface area contributed by atoms with E-state index in [0.29, 0.717) is 39.1 Å². The van der Waals surface area contributed by atoms with Crippen molar-refractivity contribution < 1.29 is 22.9 Å². The Morgan fingerprint density at radius 2 is 1.29 bits per heavy atom. The van der Waals surface area contributed by atoms with Crippen molar-refractivity contribution in [2.24, 2.45) is 5.73 Å². The van der Waals surface area contributed by atoms with Gasteiger partial charge in [0.05, 0.1) is 5.67 Å². The molecule has 0 radical (unpaired) electrons. The van der Waals surface area contributed by atoms with Crippen molar-refractivity contribution in [3.63, 3.8) is 0 Å². The lowest BCUT2D eigenvalue weighted by Crippen LogP contribution is -2.60. The Kier molecular flexibility index (Phi) is 17.0. The summed E-state index contributed by atoms with van der Waals surface area (Å²) in [5, 5.41) is 0. The highest BCUT2D eigenvalue weighted by Gasteiger charge is 2.46. The van der Waals surface area contributed by atoms with Crippen LogP contribution in [0.15, 0.2) is 0 Å². The zero-order valence-corrected chi connectivity index (χ0v) is 14.8. The lowest BCUT2D eigenvalue weighted by atomic mass is 10.3. The molecule has 0 aliphatic rings. The third-order valence-corrected chi connectivity index (χ3v) is 5.96. The molecule has 1 unspecified atom stereocenters. The zero-order valence-electron chi connectivity index (χ0n) is 13.8. The summed E-state index contributed by atoms with van der Waals surface area (Å²) in [6.45, 7) is 9.57. The lowest BCUT2D eigenvalue weighted by molar-refractivity contribution is -0.108. The molecule has 0 aromatic rings. The molecule has 0 aromatic heterocycles. The van der Waals surface area contributed by atoms with E-state index >= 15 is 0 Å². The summed E-state index contributed by atoms with van der Waals surface area (Å²) in [6, 6.07) is 0. The minimum absolute atomic E-state index is 0.123. The summed E-state index contributed by atoms with van der Waals surface area (Å²) in [4.78, 5) is 19.1. The number of rotatable bonds is 12. The number of unbranched alkanes of at least 4 members (excludes halogenated alkanes) is 2. The topological polar surface area (TPSA) is 87.8 Å². The van der Waals surface area contributed by atoms with Crippen LogP contribution in [-0.4, -0.2) is 46.9 Å². The molecule has 2 N–H and O–H groups in total. The number of hydrogen-bond acceptors (Lipinski definition) is 6. The number of nitrogens with two attached hydrogens (primary N) is 1. The molecule has 21 heavy (non-hydrogen) atoms. The fraction of sp³-hybridized carbons (Fsp3) is 0.857. The van der Waals surface area contributed by atoms with Gasteiger partial charge in [-0.15, -0.1) is 0 Å². The molecule has 1 atom stereocenters. The van der Waals surface area contributed by atoms with Crippen LogP contribution in [0.4, 0.5) is 0 Å². The first-order valence-electron chi connectivity index (χ1n) is 7.62. The molecule has 0 aromatic carbocycles. The summed E-state index contributed by atoms with van der Waals surface area (Å²) >= 11 is 0. The number of carbonyl (C=O) groups excluding carboxylic acids is 2. The largest absolute Gasteiger partial charge is 0.518 e. The van der Waals surface area contributed by atoms with Gasteiger partial charge in [-0.1, -0.05) is 6.92 Å². The zero-order chi connectivity index (χ0) is 16.6. The molecular formula is C14H31NO5Si. The van der Waals surface area contributed by atoms with Crippen molar-refractivity contribution in [1.82, 2.24) is 0 Å². The fourth-order valence-corrected chi connectivity index (χ4v) is 4.18. The normalized spacial score (nSPS) is 12.2. The molecule has 0 rings (SSSR count). The molecule has 6 nitrogen and oxygen atoms in total. The summed E-state index contributed by atoms with van der Waals surface area (Å²) in [6.07, 6.45) is 4.18. The standard InChI is InChI=1S/C9H23NO3Si.C5H8O2/c1-5-9(10)14(11-6-2,12-7-3)13-8-4;6-4-2-1-3-5-7/h9H,5-8,10H2,1-4H3;4-5H,1-3H2. The maximum atomic E-state index is 9.56. The fourth-order valence-electron chi connectivity index (χ4n) is 1.58. The molecular weight excluding hydrogens is 290 g/mol. The van der Waals surface area contributed by atoms with Crippen molar-refractivity contribution in [3.05, 3.63) is 0 Å². The van der Waals surface area contributed by atoms with Crippen LogP contribution < -0.4 is 5.73 Å². The predicted molar refractivity (Wildman–Crippen MR) is 84.9 cm³/mol. The van der Waals surface area contributed by atoms with Gasteiger partial charge in [0.2, 0.25) is 0 Å². The van der Waals surface area contributed by atoms with E-state index in [1.54, 1.807) is 0 Å². The van der Waals surface area contributed by atoms with Crippen molar-refractivity contribution >= 4 is 21.4 Å². The van der Waals surface area contributed by atoms with Gasteiger partial charge in [-0.3, -0.25) is 0 Å². The van der Waals surface area contributed by atoms with Gasteiger partial charge in [0, 0.05) is 32.7 Å². The first kappa shape index (κ1) is 22.7. The summed E-state index contributed by atoms with van der Waals surface area (Å²) < 4.78 is 16.9. The summed E-state index contributed by atoms with van der Waals surface area (Å²) in [5.74, 6) is 0. The van der Waals surface area contributed by atoms with Crippen molar-refractivity contribution in [1.29, 1.82) is 0 Å². The molecule has 0 aliphatic carbocycles. The van der Waals surface area contributed by atoms with Gasteiger partial charge >= 0.3 is 8.80 Å². The van der Waals surface area contributed by atoms with Gasteiger partial charge in [-0.05, 0) is 33.6 Å². The highest BCUT2D eigenvalue weighted by Crippen LogP contribution is 2.15. The van der Waals surface area contributed by atoms with Crippen LogP contribution in [0.25, 0.3) is 0 Å². The minimum Gasteiger partial charge on any atom is -0.373 e. The van der Waals surface area contributed by atoms with Gasteiger partial charge in [-0.25, -0.2) is 0 Å². The smallest absolute Gasteiger partial charge is 0.373 e. The molecule has 0 saturated heterocycles. The van der Waals surface area contributed by atoms with E-state index in [1.807, 2.05) is 27.7 Å². The second-order valence-electron chi connectivity index (χ2n) is 4.18. The van der Waals surface area contributed by atoms with Crippen LogP contribution in [0.3, 0.4) is 0 Å². The maximum absolute atomic E-state index is 9.56. The Bertz CT molecular complexity index is 228. The van der Waals surface area contributed by atoms with E-state index in [4.69, 9.17) is 19.0 Å². The van der Waals surface area contributed by atoms with Gasteiger partial charge in [0.25, 0.3) is 0 Å². The van der Waals surface area contributed by atoms with Crippen LogP contribution in [0.2, 0.25) is 0 Å². The average molecular weight is 321 g/mol. The van der Waals surface area contributed by atoms with Gasteiger partial charge in [0.15, 0.2) is 0 Å². The quantitative estimate of drug-likeness (QED) is 0.335. The lowest BCUT2D eigenvalue weighted by Gasteiger charge is -2.32. The molecule has 0 amide bonds. The van der Waals surface area contributed by atoms with Crippen LogP contribution in [0.1, 0.15) is 53.4 Å². The SMILES string of the molecule is CCO[Si](OCC)(OCC)C(N)CC.O=CCCCC=O. The highest BCUT2D eigenvalue weighted by atomic mass is 28.4. The summed E-state index contributed by atoms with van der Waals surface area (Å²) in [5.41, 5.74) is 5.87. The Morgan fingerprint density at radius 1 is 0.905 bits per heavy atom. The average Bonchev–Trinajstić information content (AvgIpc) is 2.48. The minimum atomic E-state index is -2.62. The van der Waals surface area contributed by atoms with Gasteiger partial charge < -0.3 is 28.6 Å². The maximum Gasteiger partial charge on any atom is 0.518 e. The molecule has 126 valence electrons. The van der Waals surface area contributed by atoms with E-state index in [2.05, 4.69) is 0 Å². The van der Waals surface area contributed by atoms with Gasteiger partial charge in [-0.2, -0.15) is 0 Å². The monoisotopic (exact) mass is 321 g/mol. The third-order valence-electron chi connectivity index (χ3n) is 2.57. The van der Waals surface area contributed by atoms with Crippen LogP contribution in [0.5, 0.6) is 0 Å². The molecule has 0 fully saturated rings. The number of carbonyl (C=O) groups is 2. The Hall–Kier alpha value is -0.603. The second-order valence-corrected chi connectivity index (χ2v) is 7.00. The van der Waals surface area contributed by atoms with Gasteiger partial charge in [0.1, 0.15) is 12.6 Å². The third kappa shape index (κ3) is 10.7. The first-order chi connectivity index (χ1) is 10.1. The Labute approximate surface area is 129 Å². The number of hydrogen-bond donors (Lipinski definition) is 1. The van der Waals surface area contributed by atoms with Crippen LogP contribution >= 0.6 is 0 Å². The first-order valence-corrected chi connectivity index (χ1v) is 9.43. The van der Waals surface area contributed by atoms with Crippen molar-refractivity contribution in [2.75, 3.05) is 19.8 Å². The van der Waals surface area contributed by atoms with E-state index < -0.39 is 8.80 Å². The van der Waals surface area contributed by atoms with E-state index in [9.17, 15) is 9.59 Å². The van der Waals surface area contributed by atoms with Crippen LogP contribution in [0, 0.1) is 0 Å². The molecule has 0 saturated carbocycles. The Morgan fingerprint density at radius 3 is 1.52 bits per heavy atom. The molecule has 0 heterocycles. The summed E-state index contributed by atoms with van der Waals surface area (Å²) in [7, 11) is -2.62. The predicted octanol–water partition coefficient (Wildman–Crippen LogP) is 1.87. The molecule has 0 spiro atoms. The molecule has 0 bridgehead atoms. The van der Waals surface area contributed by atoms with E-state index in [0.717, 1.165) is 19.0 Å². The highest BCUT2D eigenvalue weighted by molar-refractivity contribution is 6.62. The van der Waals surface area contributed by atoms with Crippen LogP contribution in [-0.2, 0) is 22.9 Å². The Balaban J connectivity index is 0. The molecule has 7 heteroatoms. The van der Waals surface area contributed by atoms with Crippen molar-refractivity contribution in [3.8, 4) is 0 Å². The second kappa shape index (κ2) is 15.8. The van der Waals surface area contributed by atoms with Crippen molar-refractivity contribution in [2.45, 2.75) is 59.0 Å². The van der Waals surface area contributed by atoms with E-state index in [-0.39, 0.29) is 5.67 Å².